The summed E-state index contributed by atoms with van der Waals surface area (Å²) in [6.07, 6.45) is 1.26. The van der Waals surface area contributed by atoms with Crippen molar-refractivity contribution in [1.29, 1.82) is 0 Å². The van der Waals surface area contributed by atoms with Gasteiger partial charge in [-0.05, 0) is 30.3 Å². The normalized spacial score (nSPS) is 15.3. The van der Waals surface area contributed by atoms with Gasteiger partial charge in [0.05, 0.1) is 17.7 Å². The van der Waals surface area contributed by atoms with Crippen LogP contribution in [0.5, 0.6) is 5.75 Å². The Morgan fingerprint density at radius 3 is 2.65 bits per heavy atom. The first-order valence-electron chi connectivity index (χ1n) is 7.36. The van der Waals surface area contributed by atoms with Gasteiger partial charge in [-0.2, -0.15) is 0 Å². The number of nitrogens with one attached hydrogen (secondary N) is 1. The van der Waals surface area contributed by atoms with Crippen LogP contribution in [0, 0.1) is 10.1 Å². The number of halogens is 1. The van der Waals surface area contributed by atoms with E-state index < -0.39 is 16.7 Å². The van der Waals surface area contributed by atoms with Crippen LogP contribution in [0.2, 0.25) is 5.02 Å². The van der Waals surface area contributed by atoms with Gasteiger partial charge in [0.2, 0.25) is 0 Å². The van der Waals surface area contributed by atoms with Crippen molar-refractivity contribution in [2.24, 2.45) is 0 Å². The van der Waals surface area contributed by atoms with Gasteiger partial charge in [0.25, 0.3) is 17.5 Å². The van der Waals surface area contributed by atoms with Crippen molar-refractivity contribution in [3.63, 3.8) is 0 Å². The van der Waals surface area contributed by atoms with E-state index in [2.05, 4.69) is 5.43 Å². The highest BCUT2D eigenvalue weighted by molar-refractivity contribution is 6.33. The number of rotatable bonds is 4. The minimum absolute atomic E-state index is 0.177. The molecule has 1 aliphatic rings. The number of nitro groups is 1. The van der Waals surface area contributed by atoms with Crippen LogP contribution >= 0.6 is 11.6 Å². The number of ether oxygens (including phenoxy) is 1. The quantitative estimate of drug-likeness (QED) is 0.384. The molecular formula is C17H12ClN3O5. The van der Waals surface area contributed by atoms with Crippen molar-refractivity contribution in [2.45, 2.75) is 0 Å². The molecule has 2 aromatic carbocycles. The Morgan fingerprint density at radius 1 is 1.23 bits per heavy atom. The number of benzene rings is 2. The first-order valence-corrected chi connectivity index (χ1v) is 7.73. The summed E-state index contributed by atoms with van der Waals surface area (Å²) in [4.78, 5) is 35.2. The van der Waals surface area contributed by atoms with Crippen molar-refractivity contribution >= 4 is 40.9 Å². The molecule has 0 aromatic heterocycles. The van der Waals surface area contributed by atoms with E-state index in [-0.39, 0.29) is 16.8 Å². The number of nitro benzene ring substituents is 1. The van der Waals surface area contributed by atoms with E-state index >= 15 is 0 Å². The molecule has 1 fully saturated rings. The fraction of sp³-hybridized carbons (Fsp3) is 0.0588. The molecule has 0 bridgehead atoms. The summed E-state index contributed by atoms with van der Waals surface area (Å²) in [7, 11) is 1.39. The van der Waals surface area contributed by atoms with Gasteiger partial charge < -0.3 is 4.74 Å². The van der Waals surface area contributed by atoms with Gasteiger partial charge in [-0.3, -0.25) is 25.1 Å². The number of hydrogen-bond donors (Lipinski definition) is 1. The molecule has 3 rings (SSSR count). The number of carbonyl (C=O) groups is 2. The second-order valence-electron chi connectivity index (χ2n) is 5.30. The number of hydrazine groups is 1. The molecule has 0 atom stereocenters. The Morgan fingerprint density at radius 2 is 2.00 bits per heavy atom. The fourth-order valence-electron chi connectivity index (χ4n) is 2.46. The van der Waals surface area contributed by atoms with Crippen LogP contribution in [0.25, 0.3) is 6.08 Å². The van der Waals surface area contributed by atoms with Crippen LogP contribution in [0.3, 0.4) is 0 Å². The molecule has 0 saturated carbocycles. The molecule has 0 unspecified atom stereocenters. The summed E-state index contributed by atoms with van der Waals surface area (Å²) in [5.41, 5.74) is 2.71. The molecule has 9 heteroatoms. The lowest BCUT2D eigenvalue weighted by molar-refractivity contribution is -0.384. The van der Waals surface area contributed by atoms with Gasteiger partial charge in [0, 0.05) is 22.7 Å². The van der Waals surface area contributed by atoms with Gasteiger partial charge in [-0.1, -0.05) is 17.7 Å². The summed E-state index contributed by atoms with van der Waals surface area (Å²) < 4.78 is 5.15. The van der Waals surface area contributed by atoms with Crippen LogP contribution in [0.15, 0.2) is 48.0 Å². The van der Waals surface area contributed by atoms with Crippen LogP contribution in [0.1, 0.15) is 5.56 Å². The van der Waals surface area contributed by atoms with E-state index in [1.54, 1.807) is 18.2 Å². The van der Waals surface area contributed by atoms with E-state index in [9.17, 15) is 19.7 Å². The zero-order valence-electron chi connectivity index (χ0n) is 13.4. The van der Waals surface area contributed by atoms with E-state index in [4.69, 9.17) is 16.3 Å². The standard InChI is InChI=1S/C17H12ClN3O5/c1-26-15-6-5-13(21(24)25)7-10(15)8-14-16(22)19-20(17(14)23)12-4-2-3-11(18)9-12/h2-9H,1H3,(H,19,22)/b14-8+. The summed E-state index contributed by atoms with van der Waals surface area (Å²) in [6.45, 7) is 0. The summed E-state index contributed by atoms with van der Waals surface area (Å²) in [5.74, 6) is -0.945. The van der Waals surface area contributed by atoms with Gasteiger partial charge in [-0.25, -0.2) is 5.01 Å². The summed E-state index contributed by atoms with van der Waals surface area (Å²) in [6, 6.07) is 10.3. The Hall–Kier alpha value is -3.39. The molecule has 0 aliphatic carbocycles. The molecule has 1 saturated heterocycles. The van der Waals surface area contributed by atoms with Gasteiger partial charge in [0.15, 0.2) is 0 Å². The molecule has 1 aliphatic heterocycles. The lowest BCUT2D eigenvalue weighted by Crippen LogP contribution is -2.35. The monoisotopic (exact) mass is 373 g/mol. The van der Waals surface area contributed by atoms with Crippen molar-refractivity contribution in [3.8, 4) is 5.75 Å². The predicted molar refractivity (Wildman–Crippen MR) is 94.7 cm³/mol. The molecular weight excluding hydrogens is 362 g/mol. The number of carbonyl (C=O) groups excluding carboxylic acids is 2. The molecule has 0 spiro atoms. The molecule has 132 valence electrons. The minimum Gasteiger partial charge on any atom is -0.496 e. The molecule has 8 nitrogen and oxygen atoms in total. The molecule has 2 aromatic rings. The van der Waals surface area contributed by atoms with Crippen LogP contribution in [-0.4, -0.2) is 23.8 Å². The highest BCUT2D eigenvalue weighted by Crippen LogP contribution is 2.29. The Kier molecular flexibility index (Phi) is 4.59. The van der Waals surface area contributed by atoms with E-state index in [0.717, 1.165) is 5.01 Å². The summed E-state index contributed by atoms with van der Waals surface area (Å²) in [5, 5.41) is 12.4. The fourth-order valence-corrected chi connectivity index (χ4v) is 2.64. The van der Waals surface area contributed by atoms with E-state index in [0.29, 0.717) is 16.5 Å². The van der Waals surface area contributed by atoms with Crippen molar-refractivity contribution < 1.29 is 19.2 Å². The third-order valence-electron chi connectivity index (χ3n) is 3.68. The third-order valence-corrected chi connectivity index (χ3v) is 3.92. The van der Waals surface area contributed by atoms with E-state index in [1.807, 2.05) is 0 Å². The number of methoxy groups -OCH3 is 1. The highest BCUT2D eigenvalue weighted by Gasteiger charge is 2.34. The Labute approximate surface area is 152 Å². The topological polar surface area (TPSA) is 102 Å². The Balaban J connectivity index is 2.01. The van der Waals surface area contributed by atoms with Gasteiger partial charge >= 0.3 is 0 Å². The number of amides is 2. The maximum absolute atomic E-state index is 12.6. The average molecular weight is 374 g/mol. The van der Waals surface area contributed by atoms with Crippen molar-refractivity contribution in [3.05, 3.63) is 68.7 Å². The second kappa shape index (κ2) is 6.85. The molecule has 26 heavy (non-hydrogen) atoms. The lowest BCUT2D eigenvalue weighted by atomic mass is 10.1. The first kappa shape index (κ1) is 17.4. The zero-order chi connectivity index (χ0) is 18.8. The first-order chi connectivity index (χ1) is 12.4. The predicted octanol–water partition coefficient (Wildman–Crippen LogP) is 2.72. The largest absolute Gasteiger partial charge is 0.496 e. The number of anilines is 1. The van der Waals surface area contributed by atoms with E-state index in [1.165, 1.54) is 37.5 Å². The van der Waals surface area contributed by atoms with Crippen LogP contribution in [0.4, 0.5) is 11.4 Å². The van der Waals surface area contributed by atoms with Crippen molar-refractivity contribution in [1.82, 2.24) is 5.43 Å². The SMILES string of the molecule is COc1ccc([N+](=O)[O-])cc1/C=C1\C(=O)NN(c2cccc(Cl)c2)C1=O. The molecule has 1 N–H and O–H groups in total. The van der Waals surface area contributed by atoms with Crippen LogP contribution in [-0.2, 0) is 9.59 Å². The average Bonchev–Trinajstić information content (AvgIpc) is 2.90. The van der Waals surface area contributed by atoms with Crippen molar-refractivity contribution in [2.75, 3.05) is 12.1 Å². The number of nitrogens with zero attached hydrogens (tertiary/aromatic N) is 2. The smallest absolute Gasteiger partial charge is 0.282 e. The van der Waals surface area contributed by atoms with Crippen LogP contribution < -0.4 is 15.2 Å². The zero-order valence-corrected chi connectivity index (χ0v) is 14.2. The lowest BCUT2D eigenvalue weighted by Gasteiger charge is -2.14. The maximum Gasteiger partial charge on any atom is 0.282 e. The number of non-ortho nitro benzene ring substituents is 1. The van der Waals surface area contributed by atoms with Gasteiger partial charge in [-0.15, -0.1) is 0 Å². The maximum atomic E-state index is 12.6. The second-order valence-corrected chi connectivity index (χ2v) is 5.74. The minimum atomic E-state index is -0.636. The molecule has 1 heterocycles. The number of hydrogen-bond acceptors (Lipinski definition) is 5. The van der Waals surface area contributed by atoms with Gasteiger partial charge in [0.1, 0.15) is 11.3 Å². The molecule has 0 radical (unpaired) electrons. The summed E-state index contributed by atoms with van der Waals surface area (Å²) >= 11 is 5.91. The third kappa shape index (κ3) is 3.22. The molecule has 2 amide bonds. The Bertz CT molecular complexity index is 957. The highest BCUT2D eigenvalue weighted by atomic mass is 35.5.